The lowest BCUT2D eigenvalue weighted by atomic mass is 10.2. The van der Waals surface area contributed by atoms with E-state index < -0.39 is 0 Å². The fourth-order valence-electron chi connectivity index (χ4n) is 1.77. The van der Waals surface area contributed by atoms with Gasteiger partial charge in [-0.2, -0.15) is 16.9 Å². The average molecular weight is 270 g/mol. The van der Waals surface area contributed by atoms with Gasteiger partial charge in [-0.05, 0) is 6.92 Å². The van der Waals surface area contributed by atoms with Crippen molar-refractivity contribution in [3.8, 4) is 0 Å². The first kappa shape index (κ1) is 13.0. The molecule has 2 heterocycles. The number of rotatable bonds is 3. The van der Waals surface area contributed by atoms with Gasteiger partial charge in [0.1, 0.15) is 0 Å². The van der Waals surface area contributed by atoms with E-state index in [9.17, 15) is 4.79 Å². The Kier molecular flexibility index (Phi) is 4.20. The lowest BCUT2D eigenvalue weighted by Gasteiger charge is -2.30. The maximum absolute atomic E-state index is 12.3. The monoisotopic (exact) mass is 270 g/mol. The maximum Gasteiger partial charge on any atom is 0.179 e. The van der Waals surface area contributed by atoms with Gasteiger partial charge in [-0.3, -0.25) is 9.48 Å². The van der Waals surface area contributed by atoms with Crippen LogP contribution in [0.4, 0.5) is 0 Å². The summed E-state index contributed by atoms with van der Waals surface area (Å²) >= 11 is 3.71. The molecule has 3 nitrogen and oxygen atoms in total. The van der Waals surface area contributed by atoms with Crippen molar-refractivity contribution < 1.29 is 4.79 Å². The van der Waals surface area contributed by atoms with E-state index in [4.69, 9.17) is 0 Å². The Morgan fingerprint density at radius 3 is 2.88 bits per heavy atom. The van der Waals surface area contributed by atoms with Gasteiger partial charge in [0.25, 0.3) is 0 Å². The highest BCUT2D eigenvalue weighted by molar-refractivity contribution is 8.08. The zero-order valence-corrected chi connectivity index (χ0v) is 12.1. The van der Waals surface area contributed by atoms with Crippen LogP contribution in [0.25, 0.3) is 0 Å². The van der Waals surface area contributed by atoms with E-state index >= 15 is 0 Å². The highest BCUT2D eigenvalue weighted by atomic mass is 32.2. The molecular weight excluding hydrogens is 252 g/mol. The Morgan fingerprint density at radius 2 is 2.29 bits per heavy atom. The minimum absolute atomic E-state index is 0.0979. The summed E-state index contributed by atoms with van der Waals surface area (Å²) in [6.45, 7) is 7.28. The van der Waals surface area contributed by atoms with Gasteiger partial charge < -0.3 is 0 Å². The molecule has 0 radical (unpaired) electrons. The van der Waals surface area contributed by atoms with Crippen molar-refractivity contribution in [3.05, 3.63) is 18.0 Å². The molecule has 1 aromatic heterocycles. The van der Waals surface area contributed by atoms with Crippen LogP contribution in [0, 0.1) is 0 Å². The van der Waals surface area contributed by atoms with Crippen LogP contribution in [0.5, 0.6) is 0 Å². The molecule has 0 bridgehead atoms. The van der Waals surface area contributed by atoms with Gasteiger partial charge in [0.15, 0.2) is 5.78 Å². The molecule has 0 spiro atoms. The molecular formula is C12H18N2OS2. The fraction of sp³-hybridized carbons (Fsp3) is 0.667. The number of carbonyl (C=O) groups is 1. The lowest BCUT2D eigenvalue weighted by molar-refractivity contribution is 0.0994. The van der Waals surface area contributed by atoms with Gasteiger partial charge in [-0.1, -0.05) is 13.8 Å². The third-order valence-corrected chi connectivity index (χ3v) is 6.47. The Bertz CT molecular complexity index is 405. The minimum atomic E-state index is 0.0979. The maximum atomic E-state index is 12.3. The van der Waals surface area contributed by atoms with Crippen molar-refractivity contribution in [2.24, 2.45) is 0 Å². The van der Waals surface area contributed by atoms with Crippen molar-refractivity contribution in [2.75, 3.05) is 5.75 Å². The smallest absolute Gasteiger partial charge is 0.179 e. The van der Waals surface area contributed by atoms with Crippen LogP contribution in [0.3, 0.4) is 0 Å². The fourth-order valence-corrected chi connectivity index (χ4v) is 4.65. The number of carbonyl (C=O) groups excluding carboxylic acids is 1. The molecule has 3 unspecified atom stereocenters. The van der Waals surface area contributed by atoms with Crippen LogP contribution in [0.2, 0.25) is 0 Å². The third kappa shape index (κ3) is 2.88. The van der Waals surface area contributed by atoms with Crippen molar-refractivity contribution in [2.45, 2.75) is 43.1 Å². The molecule has 1 aliphatic rings. The predicted molar refractivity (Wildman–Crippen MR) is 75.0 cm³/mol. The summed E-state index contributed by atoms with van der Waals surface area (Å²) in [5.74, 6) is 1.16. The Labute approximate surface area is 111 Å². The molecule has 0 aromatic carbocycles. The molecule has 0 aliphatic carbocycles. The van der Waals surface area contributed by atoms with Gasteiger partial charge >= 0.3 is 0 Å². The number of hydrogen-bond donors (Lipinski definition) is 0. The van der Waals surface area contributed by atoms with E-state index in [1.807, 2.05) is 24.9 Å². The topological polar surface area (TPSA) is 34.9 Å². The molecule has 1 aromatic rings. The predicted octanol–water partition coefficient (Wildman–Crippen LogP) is 2.71. The SMILES string of the molecule is CCn1cc(C(=O)C2CSC(C)C(C)S2)cn1. The summed E-state index contributed by atoms with van der Waals surface area (Å²) in [7, 11) is 0. The molecule has 0 saturated carbocycles. The van der Waals surface area contributed by atoms with Crippen molar-refractivity contribution in [1.29, 1.82) is 0 Å². The quantitative estimate of drug-likeness (QED) is 0.791. The van der Waals surface area contributed by atoms with Crippen molar-refractivity contribution >= 4 is 29.3 Å². The summed E-state index contributed by atoms with van der Waals surface area (Å²) < 4.78 is 1.81. The molecule has 0 amide bonds. The number of nitrogens with zero attached hydrogens (tertiary/aromatic N) is 2. The Hall–Kier alpha value is -0.420. The number of ketones is 1. The van der Waals surface area contributed by atoms with Crippen molar-refractivity contribution in [3.63, 3.8) is 0 Å². The van der Waals surface area contributed by atoms with Gasteiger partial charge in [-0.25, -0.2) is 0 Å². The summed E-state index contributed by atoms with van der Waals surface area (Å²) in [5, 5.41) is 5.45. The molecule has 1 aliphatic heterocycles. The highest BCUT2D eigenvalue weighted by Gasteiger charge is 2.31. The molecule has 94 valence electrons. The van der Waals surface area contributed by atoms with E-state index in [0.717, 1.165) is 17.9 Å². The number of aromatic nitrogens is 2. The number of thioether (sulfide) groups is 2. The Morgan fingerprint density at radius 1 is 1.53 bits per heavy atom. The summed E-state index contributed by atoms with van der Waals surface area (Å²) in [4.78, 5) is 12.3. The summed E-state index contributed by atoms with van der Waals surface area (Å²) in [5.41, 5.74) is 0.756. The molecule has 3 atom stereocenters. The standard InChI is InChI=1S/C12H18N2OS2/c1-4-14-6-10(5-13-14)12(15)11-7-16-8(2)9(3)17-11/h5-6,8-9,11H,4,7H2,1-3H3. The highest BCUT2D eigenvalue weighted by Crippen LogP contribution is 2.36. The van der Waals surface area contributed by atoms with E-state index in [1.54, 1.807) is 22.6 Å². The number of Topliss-reactive ketones (excluding diaryl/α,β-unsaturated/α-hetero) is 1. The average Bonchev–Trinajstić information content (AvgIpc) is 2.80. The van der Waals surface area contributed by atoms with Gasteiger partial charge in [0.2, 0.25) is 0 Å². The van der Waals surface area contributed by atoms with Crippen LogP contribution < -0.4 is 0 Å². The second-order valence-electron chi connectivity index (χ2n) is 4.32. The van der Waals surface area contributed by atoms with Crippen molar-refractivity contribution in [1.82, 2.24) is 9.78 Å². The summed E-state index contributed by atoms with van der Waals surface area (Å²) in [6, 6.07) is 0. The van der Waals surface area contributed by atoms with Gasteiger partial charge in [0.05, 0.1) is 17.0 Å². The second kappa shape index (κ2) is 5.48. The van der Waals surface area contributed by atoms with E-state index in [-0.39, 0.29) is 11.0 Å². The molecule has 5 heteroatoms. The zero-order chi connectivity index (χ0) is 12.4. The molecule has 0 N–H and O–H groups in total. The number of aryl methyl sites for hydroxylation is 1. The van der Waals surface area contributed by atoms with E-state index in [0.29, 0.717) is 10.5 Å². The zero-order valence-electron chi connectivity index (χ0n) is 10.4. The first-order chi connectivity index (χ1) is 8.11. The first-order valence-corrected chi connectivity index (χ1v) is 7.94. The normalized spacial score (nSPS) is 29.2. The third-order valence-electron chi connectivity index (χ3n) is 3.08. The summed E-state index contributed by atoms with van der Waals surface area (Å²) in [6.07, 6.45) is 3.55. The number of hydrogen-bond acceptors (Lipinski definition) is 4. The van der Waals surface area contributed by atoms with Crippen LogP contribution in [0.15, 0.2) is 12.4 Å². The largest absolute Gasteiger partial charge is 0.293 e. The molecule has 17 heavy (non-hydrogen) atoms. The second-order valence-corrected chi connectivity index (χ2v) is 7.31. The lowest BCUT2D eigenvalue weighted by Crippen LogP contribution is -2.31. The van der Waals surface area contributed by atoms with E-state index in [1.165, 1.54) is 0 Å². The molecule has 1 fully saturated rings. The van der Waals surface area contributed by atoms with E-state index in [2.05, 4.69) is 18.9 Å². The Balaban J connectivity index is 2.05. The minimum Gasteiger partial charge on any atom is -0.293 e. The molecule has 1 saturated heterocycles. The van der Waals surface area contributed by atoms with Crippen LogP contribution in [0.1, 0.15) is 31.1 Å². The van der Waals surface area contributed by atoms with Gasteiger partial charge in [-0.15, -0.1) is 11.8 Å². The molecule has 2 rings (SSSR count). The van der Waals surface area contributed by atoms with Crippen LogP contribution >= 0.6 is 23.5 Å². The van der Waals surface area contributed by atoms with Crippen LogP contribution in [-0.4, -0.2) is 37.1 Å². The van der Waals surface area contributed by atoms with Crippen LogP contribution in [-0.2, 0) is 6.54 Å². The van der Waals surface area contributed by atoms with Gasteiger partial charge in [0, 0.05) is 29.0 Å². The first-order valence-electron chi connectivity index (χ1n) is 5.95.